The van der Waals surface area contributed by atoms with Gasteiger partial charge in [-0.05, 0) is 43.5 Å². The van der Waals surface area contributed by atoms with E-state index in [0.29, 0.717) is 16.5 Å². The van der Waals surface area contributed by atoms with Crippen molar-refractivity contribution in [2.24, 2.45) is 11.8 Å². The molecular weight excluding hydrogens is 356 g/mol. The van der Waals surface area contributed by atoms with Crippen molar-refractivity contribution >= 4 is 26.7 Å². The standard InChI is InChI=1S/C18H20N2O5S/c1-4-25-18(22)15(9-19)12(3)10-26(23,24)13-5-6-16-14(8-13)11(2)7-17(21)20-16/h5-8,12,15H,4,10H2,1-3H3,(H,20,21)/t12-,15-/m1/s1. The van der Waals surface area contributed by atoms with Gasteiger partial charge in [0.05, 0.1) is 23.3 Å². The number of hydrogen-bond acceptors (Lipinski definition) is 6. The molecular formula is C18H20N2O5S. The largest absolute Gasteiger partial charge is 0.465 e. The topological polar surface area (TPSA) is 117 Å². The molecule has 8 heteroatoms. The maximum atomic E-state index is 12.7. The van der Waals surface area contributed by atoms with Crippen molar-refractivity contribution in [3.63, 3.8) is 0 Å². The lowest BCUT2D eigenvalue weighted by Crippen LogP contribution is -2.28. The van der Waals surface area contributed by atoms with E-state index >= 15 is 0 Å². The molecule has 0 unspecified atom stereocenters. The summed E-state index contributed by atoms with van der Waals surface area (Å²) < 4.78 is 30.3. The molecule has 138 valence electrons. The number of carbonyl (C=O) groups is 1. The summed E-state index contributed by atoms with van der Waals surface area (Å²) in [5.41, 5.74) is 0.948. The third-order valence-electron chi connectivity index (χ3n) is 4.11. The number of aryl methyl sites for hydroxylation is 1. The van der Waals surface area contributed by atoms with Gasteiger partial charge in [-0.25, -0.2) is 8.42 Å². The molecule has 0 amide bonds. The minimum Gasteiger partial charge on any atom is -0.465 e. The first-order chi connectivity index (χ1) is 12.2. The van der Waals surface area contributed by atoms with E-state index in [1.807, 2.05) is 6.07 Å². The number of carbonyl (C=O) groups excluding carboxylic acids is 1. The number of sulfone groups is 1. The van der Waals surface area contributed by atoms with Crippen LogP contribution in [-0.4, -0.2) is 31.7 Å². The van der Waals surface area contributed by atoms with Gasteiger partial charge in [0.2, 0.25) is 5.56 Å². The van der Waals surface area contributed by atoms with Crippen LogP contribution in [0.2, 0.25) is 0 Å². The van der Waals surface area contributed by atoms with Crippen LogP contribution in [0.1, 0.15) is 19.4 Å². The molecule has 0 saturated carbocycles. The molecule has 1 N–H and O–H groups in total. The monoisotopic (exact) mass is 376 g/mol. The van der Waals surface area contributed by atoms with Crippen molar-refractivity contribution in [3.8, 4) is 6.07 Å². The minimum atomic E-state index is -3.73. The zero-order valence-corrected chi connectivity index (χ0v) is 15.6. The molecule has 0 spiro atoms. The molecule has 0 aliphatic carbocycles. The number of hydrogen-bond donors (Lipinski definition) is 1. The van der Waals surface area contributed by atoms with E-state index in [0.717, 1.165) is 0 Å². The van der Waals surface area contributed by atoms with Crippen molar-refractivity contribution in [2.45, 2.75) is 25.7 Å². The summed E-state index contributed by atoms with van der Waals surface area (Å²) in [5.74, 6) is -2.96. The molecule has 7 nitrogen and oxygen atoms in total. The van der Waals surface area contributed by atoms with Gasteiger partial charge in [0.25, 0.3) is 0 Å². The van der Waals surface area contributed by atoms with E-state index in [1.165, 1.54) is 31.2 Å². The van der Waals surface area contributed by atoms with Crippen LogP contribution in [0.25, 0.3) is 10.9 Å². The first-order valence-corrected chi connectivity index (χ1v) is 9.77. The minimum absolute atomic E-state index is 0.0764. The summed E-state index contributed by atoms with van der Waals surface area (Å²) in [6.07, 6.45) is 0. The Morgan fingerprint density at radius 3 is 2.65 bits per heavy atom. The van der Waals surface area contributed by atoms with Crippen LogP contribution in [0.4, 0.5) is 0 Å². The lowest BCUT2D eigenvalue weighted by atomic mass is 9.98. The van der Waals surface area contributed by atoms with Gasteiger partial charge in [0.15, 0.2) is 9.84 Å². The predicted octanol–water partition coefficient (Wildman–Crippen LogP) is 1.95. The summed E-state index contributed by atoms with van der Waals surface area (Å²) in [5, 5.41) is 9.81. The van der Waals surface area contributed by atoms with Gasteiger partial charge in [-0.1, -0.05) is 6.92 Å². The highest BCUT2D eigenvalue weighted by Gasteiger charge is 2.31. The van der Waals surface area contributed by atoms with E-state index in [2.05, 4.69) is 4.98 Å². The van der Waals surface area contributed by atoms with Crippen molar-refractivity contribution in [3.05, 3.63) is 40.2 Å². The van der Waals surface area contributed by atoms with Gasteiger partial charge in [0, 0.05) is 17.0 Å². The van der Waals surface area contributed by atoms with Crippen LogP contribution >= 0.6 is 0 Å². The van der Waals surface area contributed by atoms with Crippen molar-refractivity contribution < 1.29 is 17.9 Å². The summed E-state index contributed by atoms with van der Waals surface area (Å²) in [7, 11) is -3.73. The van der Waals surface area contributed by atoms with E-state index in [1.54, 1.807) is 13.8 Å². The third-order valence-corrected chi connectivity index (χ3v) is 6.05. The Bertz CT molecular complexity index is 1030. The Morgan fingerprint density at radius 1 is 1.35 bits per heavy atom. The fourth-order valence-corrected chi connectivity index (χ4v) is 4.43. The highest BCUT2D eigenvalue weighted by Crippen LogP contribution is 2.24. The number of pyridine rings is 1. The molecule has 0 aliphatic rings. The second kappa shape index (κ2) is 7.70. The van der Waals surface area contributed by atoms with Crippen LogP contribution in [0.15, 0.2) is 34.0 Å². The first kappa shape index (κ1) is 19.7. The predicted molar refractivity (Wildman–Crippen MR) is 96.3 cm³/mol. The molecule has 0 fully saturated rings. The summed E-state index contributed by atoms with van der Waals surface area (Å²) in [6.45, 7) is 5.00. The van der Waals surface area contributed by atoms with Gasteiger partial charge in [-0.15, -0.1) is 0 Å². The van der Waals surface area contributed by atoms with E-state index in [4.69, 9.17) is 4.74 Å². The van der Waals surface area contributed by atoms with Crippen LogP contribution in [0.5, 0.6) is 0 Å². The molecule has 26 heavy (non-hydrogen) atoms. The molecule has 2 rings (SSSR count). The first-order valence-electron chi connectivity index (χ1n) is 8.12. The Balaban J connectivity index is 2.35. The highest BCUT2D eigenvalue weighted by atomic mass is 32.2. The zero-order valence-electron chi connectivity index (χ0n) is 14.8. The van der Waals surface area contributed by atoms with Gasteiger partial charge in [-0.2, -0.15) is 5.26 Å². The Labute approximate surface area is 151 Å². The van der Waals surface area contributed by atoms with Gasteiger partial charge < -0.3 is 9.72 Å². The van der Waals surface area contributed by atoms with Crippen LogP contribution in [0.3, 0.4) is 0 Å². The number of H-pyrrole nitrogens is 1. The number of benzene rings is 1. The van der Waals surface area contributed by atoms with E-state index in [-0.39, 0.29) is 22.8 Å². The SMILES string of the molecule is CCOC(=O)[C@H](C#N)[C@H](C)CS(=O)(=O)c1ccc2[nH]c(=O)cc(C)c2c1. The number of ether oxygens (including phenoxy) is 1. The number of fused-ring (bicyclic) bond motifs is 1. The van der Waals surface area contributed by atoms with Gasteiger partial charge in [-0.3, -0.25) is 9.59 Å². The number of aromatic nitrogens is 1. The normalized spacial score (nSPS) is 13.8. The maximum absolute atomic E-state index is 12.7. The molecule has 0 radical (unpaired) electrons. The summed E-state index contributed by atoms with van der Waals surface area (Å²) >= 11 is 0. The Kier molecular flexibility index (Phi) is 5.83. The molecule has 1 aromatic heterocycles. The second-order valence-electron chi connectivity index (χ2n) is 6.14. The number of rotatable bonds is 6. The molecule has 0 bridgehead atoms. The lowest BCUT2D eigenvalue weighted by molar-refractivity contribution is -0.147. The van der Waals surface area contributed by atoms with Crippen molar-refractivity contribution in [1.82, 2.24) is 4.98 Å². The maximum Gasteiger partial charge on any atom is 0.323 e. The summed E-state index contributed by atoms with van der Waals surface area (Å²) in [4.78, 5) is 26.1. The quantitative estimate of drug-likeness (QED) is 0.770. The van der Waals surface area contributed by atoms with Crippen LogP contribution in [-0.2, 0) is 19.4 Å². The van der Waals surface area contributed by atoms with Gasteiger partial charge in [0.1, 0.15) is 5.92 Å². The smallest absolute Gasteiger partial charge is 0.323 e. The fourth-order valence-electron chi connectivity index (χ4n) is 2.78. The molecule has 1 aromatic carbocycles. The number of nitrogens with one attached hydrogen (secondary N) is 1. The molecule has 2 aromatic rings. The highest BCUT2D eigenvalue weighted by molar-refractivity contribution is 7.91. The Morgan fingerprint density at radius 2 is 2.04 bits per heavy atom. The van der Waals surface area contributed by atoms with Crippen LogP contribution < -0.4 is 5.56 Å². The van der Waals surface area contributed by atoms with Crippen molar-refractivity contribution in [2.75, 3.05) is 12.4 Å². The zero-order chi connectivity index (χ0) is 19.5. The lowest BCUT2D eigenvalue weighted by Gasteiger charge is -2.16. The average Bonchev–Trinajstić information content (AvgIpc) is 2.54. The number of esters is 1. The molecule has 2 atom stereocenters. The second-order valence-corrected chi connectivity index (χ2v) is 8.18. The average molecular weight is 376 g/mol. The third kappa shape index (κ3) is 4.11. The van der Waals surface area contributed by atoms with Gasteiger partial charge >= 0.3 is 5.97 Å². The summed E-state index contributed by atoms with van der Waals surface area (Å²) in [6, 6.07) is 7.66. The molecule has 0 aliphatic heterocycles. The van der Waals surface area contributed by atoms with E-state index < -0.39 is 27.6 Å². The van der Waals surface area contributed by atoms with E-state index in [9.17, 15) is 23.3 Å². The number of aromatic amines is 1. The van der Waals surface area contributed by atoms with Crippen molar-refractivity contribution in [1.29, 1.82) is 5.26 Å². The number of nitriles is 1. The Hall–Kier alpha value is -2.66. The fraction of sp³-hybridized carbons (Fsp3) is 0.389. The molecule has 0 saturated heterocycles. The van der Waals surface area contributed by atoms with Crippen LogP contribution in [0, 0.1) is 30.1 Å². The molecule has 1 heterocycles. The number of nitrogens with zero attached hydrogens (tertiary/aromatic N) is 1.